The van der Waals surface area contributed by atoms with Crippen LogP contribution in [0.25, 0.3) is 0 Å². The molecule has 104 valence electrons. The van der Waals surface area contributed by atoms with Gasteiger partial charge in [-0.05, 0) is 37.3 Å². The Morgan fingerprint density at radius 1 is 1.42 bits per heavy atom. The highest BCUT2D eigenvalue weighted by atomic mass is 35.5. The molecule has 1 saturated carbocycles. The second kappa shape index (κ2) is 6.53. The van der Waals surface area contributed by atoms with Crippen LogP contribution in [0.2, 0.25) is 5.02 Å². The zero-order chi connectivity index (χ0) is 13.8. The summed E-state index contributed by atoms with van der Waals surface area (Å²) in [4.78, 5) is 12.4. The lowest BCUT2D eigenvalue weighted by molar-refractivity contribution is 0.0939. The molecule has 2 unspecified atom stereocenters. The van der Waals surface area contributed by atoms with E-state index in [-0.39, 0.29) is 11.9 Å². The van der Waals surface area contributed by atoms with E-state index < -0.39 is 0 Å². The minimum absolute atomic E-state index is 0.0437. The molecule has 1 aromatic rings. The van der Waals surface area contributed by atoms with Crippen molar-refractivity contribution in [1.29, 1.82) is 0 Å². The third kappa shape index (κ3) is 3.37. The number of anilines is 1. The molecular weight excluding hydrogens is 280 g/mol. The number of carbonyl (C=O) groups is 1. The van der Waals surface area contributed by atoms with Crippen molar-refractivity contribution < 1.29 is 4.79 Å². The molecule has 1 fully saturated rings. The lowest BCUT2D eigenvalue weighted by Gasteiger charge is -2.20. The minimum Gasteiger partial charge on any atom is -0.387 e. The van der Waals surface area contributed by atoms with Gasteiger partial charge in [0.15, 0.2) is 0 Å². The van der Waals surface area contributed by atoms with Gasteiger partial charge in [0.2, 0.25) is 0 Å². The third-order valence-electron chi connectivity index (χ3n) is 3.57. The first-order valence-electron chi connectivity index (χ1n) is 6.46. The topological polar surface area (TPSA) is 41.1 Å². The SMILES string of the molecule is CNc1ccc(Cl)cc1C(=O)NC1CCCC1SC. The molecule has 3 nitrogen and oxygen atoms in total. The summed E-state index contributed by atoms with van der Waals surface area (Å²) < 4.78 is 0. The number of thioether (sulfide) groups is 1. The van der Waals surface area contributed by atoms with E-state index >= 15 is 0 Å². The van der Waals surface area contributed by atoms with Gasteiger partial charge in [-0.3, -0.25) is 4.79 Å². The molecule has 1 amide bonds. The van der Waals surface area contributed by atoms with Crippen molar-refractivity contribution in [2.24, 2.45) is 0 Å². The number of carbonyl (C=O) groups excluding carboxylic acids is 1. The van der Waals surface area contributed by atoms with E-state index in [2.05, 4.69) is 16.9 Å². The van der Waals surface area contributed by atoms with Gasteiger partial charge in [-0.2, -0.15) is 11.8 Å². The Morgan fingerprint density at radius 3 is 2.89 bits per heavy atom. The lowest BCUT2D eigenvalue weighted by atomic mass is 10.1. The number of benzene rings is 1. The molecule has 2 atom stereocenters. The number of nitrogens with one attached hydrogen (secondary N) is 2. The molecule has 1 aliphatic rings. The maximum Gasteiger partial charge on any atom is 0.253 e. The van der Waals surface area contributed by atoms with Crippen molar-refractivity contribution in [3.8, 4) is 0 Å². The summed E-state index contributed by atoms with van der Waals surface area (Å²) in [5.74, 6) is -0.0437. The Morgan fingerprint density at radius 2 is 2.21 bits per heavy atom. The normalized spacial score (nSPS) is 22.3. The monoisotopic (exact) mass is 298 g/mol. The first-order valence-corrected chi connectivity index (χ1v) is 8.13. The first kappa shape index (κ1) is 14.5. The third-order valence-corrected chi connectivity index (χ3v) is 4.97. The van der Waals surface area contributed by atoms with Crippen LogP contribution in [0.4, 0.5) is 5.69 Å². The predicted octanol–water partition coefficient (Wildman–Crippen LogP) is 3.40. The number of halogens is 1. The van der Waals surface area contributed by atoms with Gasteiger partial charge >= 0.3 is 0 Å². The highest BCUT2D eigenvalue weighted by Gasteiger charge is 2.28. The highest BCUT2D eigenvalue weighted by molar-refractivity contribution is 7.99. The van der Waals surface area contributed by atoms with Crippen LogP contribution in [-0.2, 0) is 0 Å². The van der Waals surface area contributed by atoms with E-state index in [0.717, 1.165) is 12.1 Å². The van der Waals surface area contributed by atoms with E-state index in [9.17, 15) is 4.79 Å². The standard InChI is InChI=1S/C14H19ClN2OS/c1-16-11-7-6-9(15)8-10(11)14(18)17-12-4-3-5-13(12)19-2/h6-8,12-13,16H,3-5H2,1-2H3,(H,17,18). The molecule has 0 aliphatic heterocycles. The number of amides is 1. The summed E-state index contributed by atoms with van der Waals surface area (Å²) in [5.41, 5.74) is 1.42. The fourth-order valence-corrected chi connectivity index (χ4v) is 3.65. The van der Waals surface area contributed by atoms with Crippen molar-refractivity contribution >= 4 is 35.0 Å². The molecule has 2 N–H and O–H groups in total. The van der Waals surface area contributed by atoms with E-state index in [0.29, 0.717) is 15.8 Å². The second-order valence-electron chi connectivity index (χ2n) is 4.72. The first-order chi connectivity index (χ1) is 9.15. The Hall–Kier alpha value is -0.870. The van der Waals surface area contributed by atoms with Gasteiger partial charge in [0, 0.05) is 29.0 Å². The van der Waals surface area contributed by atoms with Crippen LogP contribution in [0.1, 0.15) is 29.6 Å². The smallest absolute Gasteiger partial charge is 0.253 e. The molecule has 0 radical (unpaired) electrons. The van der Waals surface area contributed by atoms with Crippen molar-refractivity contribution in [3.63, 3.8) is 0 Å². The van der Waals surface area contributed by atoms with Crippen LogP contribution in [-0.4, -0.2) is 30.5 Å². The van der Waals surface area contributed by atoms with Gasteiger partial charge < -0.3 is 10.6 Å². The molecule has 0 heterocycles. The van der Waals surface area contributed by atoms with E-state index in [1.165, 1.54) is 12.8 Å². The second-order valence-corrected chi connectivity index (χ2v) is 6.24. The molecule has 19 heavy (non-hydrogen) atoms. The number of hydrogen-bond acceptors (Lipinski definition) is 3. The quantitative estimate of drug-likeness (QED) is 0.895. The minimum atomic E-state index is -0.0437. The average molecular weight is 299 g/mol. The van der Waals surface area contributed by atoms with Gasteiger partial charge in [-0.1, -0.05) is 18.0 Å². The van der Waals surface area contributed by atoms with Crippen molar-refractivity contribution in [2.75, 3.05) is 18.6 Å². The summed E-state index contributed by atoms with van der Waals surface area (Å²) in [6.07, 6.45) is 5.53. The molecule has 0 spiro atoms. The summed E-state index contributed by atoms with van der Waals surface area (Å²) in [6.45, 7) is 0. The van der Waals surface area contributed by atoms with Gasteiger partial charge in [0.05, 0.1) is 5.56 Å². The molecule has 1 aromatic carbocycles. The lowest BCUT2D eigenvalue weighted by Crippen LogP contribution is -2.38. The Balaban J connectivity index is 2.13. The fraction of sp³-hybridized carbons (Fsp3) is 0.500. The molecule has 0 bridgehead atoms. The van der Waals surface area contributed by atoms with Crippen LogP contribution >= 0.6 is 23.4 Å². The maximum absolute atomic E-state index is 12.4. The van der Waals surface area contributed by atoms with Crippen molar-refractivity contribution in [3.05, 3.63) is 28.8 Å². The number of rotatable bonds is 4. The fourth-order valence-electron chi connectivity index (χ4n) is 2.54. The summed E-state index contributed by atoms with van der Waals surface area (Å²) in [7, 11) is 1.81. The zero-order valence-corrected chi connectivity index (χ0v) is 12.8. The Kier molecular flexibility index (Phi) is 4.99. The molecule has 2 rings (SSSR count). The Labute approximate surface area is 123 Å². The van der Waals surface area contributed by atoms with Gasteiger partial charge in [-0.25, -0.2) is 0 Å². The van der Waals surface area contributed by atoms with E-state index in [4.69, 9.17) is 11.6 Å². The van der Waals surface area contributed by atoms with E-state index in [1.807, 2.05) is 17.8 Å². The van der Waals surface area contributed by atoms with Crippen LogP contribution in [0.3, 0.4) is 0 Å². The van der Waals surface area contributed by atoms with Crippen LogP contribution in [0, 0.1) is 0 Å². The molecule has 1 aliphatic carbocycles. The molecular formula is C14H19ClN2OS. The predicted molar refractivity (Wildman–Crippen MR) is 83.4 cm³/mol. The van der Waals surface area contributed by atoms with Crippen molar-refractivity contribution in [2.45, 2.75) is 30.6 Å². The summed E-state index contributed by atoms with van der Waals surface area (Å²) >= 11 is 7.81. The molecule has 0 saturated heterocycles. The van der Waals surface area contributed by atoms with Crippen LogP contribution in [0.5, 0.6) is 0 Å². The van der Waals surface area contributed by atoms with Crippen molar-refractivity contribution in [1.82, 2.24) is 5.32 Å². The Bertz CT molecular complexity index is 467. The summed E-state index contributed by atoms with van der Waals surface area (Å²) in [6, 6.07) is 5.60. The molecule has 0 aromatic heterocycles. The maximum atomic E-state index is 12.4. The van der Waals surface area contributed by atoms with Crippen LogP contribution in [0.15, 0.2) is 18.2 Å². The van der Waals surface area contributed by atoms with E-state index in [1.54, 1.807) is 19.2 Å². The number of hydrogen-bond donors (Lipinski definition) is 2. The van der Waals surface area contributed by atoms with Crippen LogP contribution < -0.4 is 10.6 Å². The molecule has 5 heteroatoms. The summed E-state index contributed by atoms with van der Waals surface area (Å²) in [5, 5.41) is 7.28. The van der Waals surface area contributed by atoms with Gasteiger partial charge in [-0.15, -0.1) is 0 Å². The average Bonchev–Trinajstić information content (AvgIpc) is 2.85. The zero-order valence-electron chi connectivity index (χ0n) is 11.2. The van der Waals surface area contributed by atoms with Gasteiger partial charge in [0.25, 0.3) is 5.91 Å². The largest absolute Gasteiger partial charge is 0.387 e. The van der Waals surface area contributed by atoms with Gasteiger partial charge in [0.1, 0.15) is 0 Å². The highest BCUT2D eigenvalue weighted by Crippen LogP contribution is 2.29.